The Morgan fingerprint density at radius 1 is 1.12 bits per heavy atom. The number of rotatable bonds is 3. The normalized spacial score (nSPS) is 14.9. The molecular formula is C16H16N6O2. The number of carbonyl (C=O) groups is 1. The number of carboxylic acids is 1. The van der Waals surface area contributed by atoms with Gasteiger partial charge in [-0.2, -0.15) is 5.10 Å². The van der Waals surface area contributed by atoms with E-state index in [1.807, 2.05) is 0 Å². The van der Waals surface area contributed by atoms with Gasteiger partial charge in [0.25, 0.3) is 0 Å². The van der Waals surface area contributed by atoms with E-state index in [2.05, 4.69) is 25.3 Å². The number of fused-ring (bicyclic) bond motifs is 1. The number of anilines is 1. The van der Waals surface area contributed by atoms with Crippen molar-refractivity contribution in [2.24, 2.45) is 0 Å². The summed E-state index contributed by atoms with van der Waals surface area (Å²) in [4.78, 5) is 22.0. The minimum absolute atomic E-state index is 0.242. The number of piperazine rings is 1. The van der Waals surface area contributed by atoms with Crippen LogP contribution in [-0.4, -0.2) is 57.0 Å². The van der Waals surface area contributed by atoms with Gasteiger partial charge in [-0.15, -0.1) is 0 Å². The van der Waals surface area contributed by atoms with Gasteiger partial charge >= 0.3 is 5.97 Å². The molecule has 1 aliphatic rings. The van der Waals surface area contributed by atoms with Crippen LogP contribution in [0.4, 0.5) is 5.82 Å². The average molecular weight is 324 g/mol. The Hall–Kier alpha value is -3.00. The molecule has 0 spiro atoms. The van der Waals surface area contributed by atoms with E-state index >= 15 is 0 Å². The number of hydrogen-bond acceptors (Lipinski definition) is 6. The third kappa shape index (κ3) is 2.46. The van der Waals surface area contributed by atoms with Crippen molar-refractivity contribution in [2.75, 3.05) is 31.1 Å². The Labute approximate surface area is 137 Å². The predicted molar refractivity (Wildman–Crippen MR) is 88.7 cm³/mol. The van der Waals surface area contributed by atoms with Crippen LogP contribution in [0.25, 0.3) is 16.7 Å². The lowest BCUT2D eigenvalue weighted by atomic mass is 10.2. The van der Waals surface area contributed by atoms with Crippen LogP contribution >= 0.6 is 0 Å². The molecule has 1 fully saturated rings. The van der Waals surface area contributed by atoms with Gasteiger partial charge in [-0.3, -0.25) is 0 Å². The first kappa shape index (κ1) is 14.6. The minimum atomic E-state index is -0.949. The Morgan fingerprint density at radius 3 is 2.58 bits per heavy atom. The molecule has 0 radical (unpaired) electrons. The second kappa shape index (κ2) is 5.89. The zero-order chi connectivity index (χ0) is 16.5. The van der Waals surface area contributed by atoms with Gasteiger partial charge in [0, 0.05) is 26.2 Å². The third-order valence-electron chi connectivity index (χ3n) is 4.12. The van der Waals surface area contributed by atoms with E-state index in [1.165, 1.54) is 0 Å². The molecule has 0 amide bonds. The lowest BCUT2D eigenvalue weighted by molar-refractivity contribution is 0.0697. The van der Waals surface area contributed by atoms with Crippen molar-refractivity contribution < 1.29 is 9.90 Å². The number of carboxylic acid groups (broad SMARTS) is 1. The van der Waals surface area contributed by atoms with Crippen LogP contribution < -0.4 is 10.2 Å². The zero-order valence-electron chi connectivity index (χ0n) is 12.9. The van der Waals surface area contributed by atoms with Gasteiger partial charge in [-0.05, 0) is 24.3 Å². The summed E-state index contributed by atoms with van der Waals surface area (Å²) in [6.07, 6.45) is 3.31. The van der Waals surface area contributed by atoms with E-state index in [1.54, 1.807) is 41.5 Å². The van der Waals surface area contributed by atoms with Gasteiger partial charge in [0.15, 0.2) is 5.65 Å². The quantitative estimate of drug-likeness (QED) is 0.739. The molecule has 3 aromatic rings. The molecule has 1 saturated heterocycles. The molecule has 0 aliphatic carbocycles. The second-order valence-corrected chi connectivity index (χ2v) is 5.58. The van der Waals surface area contributed by atoms with E-state index in [0.717, 1.165) is 43.1 Å². The highest BCUT2D eigenvalue weighted by molar-refractivity contribution is 5.89. The summed E-state index contributed by atoms with van der Waals surface area (Å²) in [7, 11) is 0. The van der Waals surface area contributed by atoms with Crippen molar-refractivity contribution >= 4 is 22.8 Å². The molecule has 2 aromatic heterocycles. The van der Waals surface area contributed by atoms with E-state index < -0.39 is 5.97 Å². The number of benzene rings is 1. The fraction of sp³-hybridized carbons (Fsp3) is 0.250. The molecule has 2 N–H and O–H groups in total. The summed E-state index contributed by atoms with van der Waals surface area (Å²) in [5.74, 6) is -0.0647. The Morgan fingerprint density at radius 2 is 1.88 bits per heavy atom. The molecule has 0 bridgehead atoms. The second-order valence-electron chi connectivity index (χ2n) is 5.58. The Balaban J connectivity index is 1.76. The molecule has 8 heteroatoms. The molecule has 24 heavy (non-hydrogen) atoms. The molecule has 122 valence electrons. The van der Waals surface area contributed by atoms with Crippen molar-refractivity contribution in [1.82, 2.24) is 25.1 Å². The smallest absolute Gasteiger partial charge is 0.335 e. The lowest BCUT2D eigenvalue weighted by Crippen LogP contribution is -2.44. The number of aromatic nitrogens is 4. The molecule has 8 nitrogen and oxygen atoms in total. The summed E-state index contributed by atoms with van der Waals surface area (Å²) < 4.78 is 1.70. The molecule has 3 heterocycles. The van der Waals surface area contributed by atoms with E-state index in [9.17, 15) is 4.79 Å². The zero-order valence-corrected chi connectivity index (χ0v) is 12.9. The monoisotopic (exact) mass is 324 g/mol. The van der Waals surface area contributed by atoms with Crippen LogP contribution in [0.2, 0.25) is 0 Å². The van der Waals surface area contributed by atoms with Gasteiger partial charge in [-0.25, -0.2) is 19.4 Å². The van der Waals surface area contributed by atoms with Crippen molar-refractivity contribution in [3.05, 3.63) is 42.4 Å². The molecule has 0 atom stereocenters. The number of nitrogens with one attached hydrogen (secondary N) is 1. The highest BCUT2D eigenvalue weighted by Gasteiger charge is 2.18. The van der Waals surface area contributed by atoms with Gasteiger partial charge in [-0.1, -0.05) is 0 Å². The largest absolute Gasteiger partial charge is 0.478 e. The maximum Gasteiger partial charge on any atom is 0.335 e. The van der Waals surface area contributed by atoms with Crippen molar-refractivity contribution in [1.29, 1.82) is 0 Å². The fourth-order valence-electron chi connectivity index (χ4n) is 2.89. The number of aromatic carboxylic acids is 1. The lowest BCUT2D eigenvalue weighted by Gasteiger charge is -2.28. The molecule has 4 rings (SSSR count). The summed E-state index contributed by atoms with van der Waals surface area (Å²) >= 11 is 0. The topological polar surface area (TPSA) is 96.2 Å². The maximum absolute atomic E-state index is 11.0. The van der Waals surface area contributed by atoms with Crippen LogP contribution in [-0.2, 0) is 0 Å². The molecule has 1 aliphatic heterocycles. The summed E-state index contributed by atoms with van der Waals surface area (Å²) in [6.45, 7) is 3.64. The Bertz CT molecular complexity index is 883. The molecular weight excluding hydrogens is 308 g/mol. The van der Waals surface area contributed by atoms with E-state index in [-0.39, 0.29) is 5.56 Å². The van der Waals surface area contributed by atoms with Crippen molar-refractivity contribution in [3.63, 3.8) is 0 Å². The van der Waals surface area contributed by atoms with Crippen molar-refractivity contribution in [2.45, 2.75) is 0 Å². The van der Waals surface area contributed by atoms with E-state index in [4.69, 9.17) is 5.11 Å². The molecule has 1 aromatic carbocycles. The summed E-state index contributed by atoms with van der Waals surface area (Å²) in [5, 5.41) is 17.6. The van der Waals surface area contributed by atoms with Crippen LogP contribution in [0.3, 0.4) is 0 Å². The summed E-state index contributed by atoms with van der Waals surface area (Å²) in [6, 6.07) is 6.57. The Kier molecular flexibility index (Phi) is 3.58. The van der Waals surface area contributed by atoms with E-state index in [0.29, 0.717) is 5.65 Å². The molecule has 0 saturated carbocycles. The van der Waals surface area contributed by atoms with Gasteiger partial charge in [0.05, 0.1) is 22.8 Å². The highest BCUT2D eigenvalue weighted by atomic mass is 16.4. The van der Waals surface area contributed by atoms with Crippen LogP contribution in [0.15, 0.2) is 36.8 Å². The predicted octanol–water partition coefficient (Wildman–Crippen LogP) is 0.923. The first-order valence-electron chi connectivity index (χ1n) is 7.72. The van der Waals surface area contributed by atoms with Crippen LogP contribution in [0.1, 0.15) is 10.4 Å². The van der Waals surface area contributed by atoms with Gasteiger partial charge < -0.3 is 15.3 Å². The first-order valence-corrected chi connectivity index (χ1v) is 7.72. The van der Waals surface area contributed by atoms with Gasteiger partial charge in [0.1, 0.15) is 12.1 Å². The standard InChI is InChI=1S/C16H16N6O2/c23-16(24)11-1-3-12(4-2-11)22-15-13(9-20-22)14(18-10-19-15)21-7-5-17-6-8-21/h1-4,9-10,17H,5-8H2,(H,23,24). The maximum atomic E-state index is 11.0. The minimum Gasteiger partial charge on any atom is -0.478 e. The molecule has 0 unspecified atom stereocenters. The first-order chi connectivity index (χ1) is 11.7. The fourth-order valence-corrected chi connectivity index (χ4v) is 2.89. The van der Waals surface area contributed by atoms with Crippen LogP contribution in [0.5, 0.6) is 0 Å². The van der Waals surface area contributed by atoms with Gasteiger partial charge in [0.2, 0.25) is 0 Å². The van der Waals surface area contributed by atoms with Crippen LogP contribution in [0, 0.1) is 0 Å². The average Bonchev–Trinajstić information content (AvgIpc) is 3.06. The van der Waals surface area contributed by atoms with Crippen molar-refractivity contribution in [3.8, 4) is 5.69 Å². The number of nitrogens with zero attached hydrogens (tertiary/aromatic N) is 5. The third-order valence-corrected chi connectivity index (χ3v) is 4.12. The SMILES string of the molecule is O=C(O)c1ccc(-n2ncc3c(N4CCNCC4)ncnc32)cc1. The number of hydrogen-bond donors (Lipinski definition) is 2. The highest BCUT2D eigenvalue weighted by Crippen LogP contribution is 2.24. The summed E-state index contributed by atoms with van der Waals surface area (Å²) in [5.41, 5.74) is 1.72.